The summed E-state index contributed by atoms with van der Waals surface area (Å²) in [5, 5.41) is 4.91. The molecule has 0 aliphatic carbocycles. The van der Waals surface area contributed by atoms with Crippen molar-refractivity contribution in [2.45, 2.75) is 63.8 Å². The number of likely N-dealkylation sites (tertiary alicyclic amines) is 1. The van der Waals surface area contributed by atoms with Gasteiger partial charge >= 0.3 is 6.03 Å². The molecule has 0 radical (unpaired) electrons. The van der Waals surface area contributed by atoms with E-state index in [9.17, 15) is 14.4 Å². The summed E-state index contributed by atoms with van der Waals surface area (Å²) in [4.78, 5) is 36.9. The minimum atomic E-state index is -0.881. The van der Waals surface area contributed by atoms with Crippen molar-refractivity contribution in [3.63, 3.8) is 0 Å². The van der Waals surface area contributed by atoms with E-state index in [1.165, 1.54) is 25.7 Å². The molecule has 1 unspecified atom stereocenters. The Bertz CT molecular complexity index is 424. The van der Waals surface area contributed by atoms with E-state index in [0.29, 0.717) is 25.9 Å². The minimum Gasteiger partial charge on any atom is -0.340 e. The maximum absolute atomic E-state index is 12.1. The van der Waals surface area contributed by atoms with Crippen molar-refractivity contribution in [1.82, 2.24) is 15.5 Å². The maximum atomic E-state index is 12.1. The molecule has 2 aliphatic heterocycles. The number of imide groups is 1. The minimum absolute atomic E-state index is 0.0938. The van der Waals surface area contributed by atoms with Crippen molar-refractivity contribution < 1.29 is 14.4 Å². The molecule has 2 N–H and O–H groups in total. The van der Waals surface area contributed by atoms with Gasteiger partial charge in [-0.15, -0.1) is 0 Å². The molecule has 2 fully saturated rings. The highest BCUT2D eigenvalue weighted by atomic mass is 16.2. The zero-order valence-corrected chi connectivity index (χ0v) is 12.7. The lowest BCUT2D eigenvalue weighted by molar-refractivity contribution is -0.131. The number of hydrogen-bond donors (Lipinski definition) is 2. The SMILES string of the molecule is CCCCCCCCC(=O)N1CCC2(C1)NC(=O)NC2=O. The lowest BCUT2D eigenvalue weighted by Gasteiger charge is -2.21. The van der Waals surface area contributed by atoms with Crippen LogP contribution in [0.25, 0.3) is 0 Å². The number of hydrogen-bond acceptors (Lipinski definition) is 3. The number of rotatable bonds is 7. The summed E-state index contributed by atoms with van der Waals surface area (Å²) >= 11 is 0. The highest BCUT2D eigenvalue weighted by Crippen LogP contribution is 2.25. The van der Waals surface area contributed by atoms with Gasteiger partial charge in [0.1, 0.15) is 5.54 Å². The molecular formula is C15H25N3O3. The molecule has 2 saturated heterocycles. The van der Waals surface area contributed by atoms with Crippen LogP contribution in [0.15, 0.2) is 0 Å². The van der Waals surface area contributed by atoms with Crippen molar-refractivity contribution in [3.05, 3.63) is 0 Å². The van der Waals surface area contributed by atoms with E-state index < -0.39 is 11.6 Å². The summed E-state index contributed by atoms with van der Waals surface area (Å²) in [7, 11) is 0. The fraction of sp³-hybridized carbons (Fsp3) is 0.800. The van der Waals surface area contributed by atoms with Gasteiger partial charge in [-0.3, -0.25) is 14.9 Å². The smallest absolute Gasteiger partial charge is 0.322 e. The molecule has 1 atom stereocenters. The molecule has 1 spiro atoms. The predicted octanol–water partition coefficient (Wildman–Crippen LogP) is 1.55. The Labute approximate surface area is 125 Å². The van der Waals surface area contributed by atoms with Gasteiger partial charge in [0.2, 0.25) is 5.91 Å². The number of nitrogens with zero attached hydrogens (tertiary/aromatic N) is 1. The standard InChI is InChI=1S/C15H25N3O3/c1-2-3-4-5-6-7-8-12(19)18-10-9-15(11-18)13(20)16-14(21)17-15/h2-11H2,1H3,(H2,16,17,20,21). The van der Waals surface area contributed by atoms with Crippen molar-refractivity contribution in [3.8, 4) is 0 Å². The highest BCUT2D eigenvalue weighted by Gasteiger charge is 2.51. The molecule has 4 amide bonds. The van der Waals surface area contributed by atoms with Gasteiger partial charge in [-0.25, -0.2) is 4.79 Å². The molecule has 2 rings (SSSR count). The summed E-state index contributed by atoms with van der Waals surface area (Å²) in [6.45, 7) is 3.03. The van der Waals surface area contributed by atoms with E-state index in [1.54, 1.807) is 4.90 Å². The summed E-state index contributed by atoms with van der Waals surface area (Å²) in [6.07, 6.45) is 7.95. The van der Waals surface area contributed by atoms with Crippen LogP contribution in [-0.2, 0) is 9.59 Å². The summed E-state index contributed by atoms with van der Waals surface area (Å²) in [5.41, 5.74) is -0.881. The van der Waals surface area contributed by atoms with Crippen LogP contribution in [-0.4, -0.2) is 41.4 Å². The fourth-order valence-corrected chi connectivity index (χ4v) is 3.05. The van der Waals surface area contributed by atoms with Gasteiger partial charge in [-0.05, 0) is 12.8 Å². The second-order valence-electron chi connectivity index (χ2n) is 6.07. The van der Waals surface area contributed by atoms with Crippen molar-refractivity contribution >= 4 is 17.8 Å². The number of amides is 4. The number of carbonyl (C=O) groups excluding carboxylic acids is 3. The molecule has 2 aliphatic rings. The van der Waals surface area contributed by atoms with Gasteiger partial charge < -0.3 is 10.2 Å². The maximum Gasteiger partial charge on any atom is 0.322 e. The van der Waals surface area contributed by atoms with E-state index in [2.05, 4.69) is 17.6 Å². The Morgan fingerprint density at radius 3 is 2.57 bits per heavy atom. The molecule has 6 nitrogen and oxygen atoms in total. The van der Waals surface area contributed by atoms with Gasteiger partial charge in [-0.2, -0.15) is 0 Å². The molecule has 6 heteroatoms. The first-order chi connectivity index (χ1) is 10.1. The van der Waals surface area contributed by atoms with E-state index in [-0.39, 0.29) is 11.8 Å². The largest absolute Gasteiger partial charge is 0.340 e. The van der Waals surface area contributed by atoms with Gasteiger partial charge in [0.15, 0.2) is 0 Å². The van der Waals surface area contributed by atoms with Crippen molar-refractivity contribution in [2.75, 3.05) is 13.1 Å². The van der Waals surface area contributed by atoms with Crippen LogP contribution in [0.5, 0.6) is 0 Å². The normalized spacial score (nSPS) is 24.5. The second-order valence-corrected chi connectivity index (χ2v) is 6.07. The molecule has 21 heavy (non-hydrogen) atoms. The van der Waals surface area contributed by atoms with Crippen LogP contribution in [0.2, 0.25) is 0 Å². The molecule has 2 heterocycles. The van der Waals surface area contributed by atoms with Gasteiger partial charge in [-0.1, -0.05) is 39.0 Å². The second kappa shape index (κ2) is 6.91. The van der Waals surface area contributed by atoms with Gasteiger partial charge in [0.05, 0.1) is 6.54 Å². The monoisotopic (exact) mass is 295 g/mol. The summed E-state index contributed by atoms with van der Waals surface area (Å²) in [5.74, 6) is -0.210. The zero-order valence-electron chi connectivity index (χ0n) is 12.7. The van der Waals surface area contributed by atoms with Crippen molar-refractivity contribution in [1.29, 1.82) is 0 Å². The first-order valence-electron chi connectivity index (χ1n) is 7.99. The van der Waals surface area contributed by atoms with Crippen LogP contribution in [0.1, 0.15) is 58.3 Å². The fourth-order valence-electron chi connectivity index (χ4n) is 3.05. The lowest BCUT2D eigenvalue weighted by atomic mass is 9.99. The van der Waals surface area contributed by atoms with Crippen LogP contribution in [0, 0.1) is 0 Å². The van der Waals surface area contributed by atoms with E-state index >= 15 is 0 Å². The molecular weight excluding hydrogens is 270 g/mol. The number of urea groups is 1. The first kappa shape index (κ1) is 15.8. The Balaban J connectivity index is 1.70. The number of carbonyl (C=O) groups is 3. The van der Waals surface area contributed by atoms with Crippen LogP contribution >= 0.6 is 0 Å². The molecule has 0 aromatic heterocycles. The molecule has 118 valence electrons. The summed E-state index contributed by atoms with van der Waals surface area (Å²) in [6, 6.07) is -0.453. The predicted molar refractivity (Wildman–Crippen MR) is 78.6 cm³/mol. The van der Waals surface area contributed by atoms with Crippen LogP contribution < -0.4 is 10.6 Å². The highest BCUT2D eigenvalue weighted by molar-refractivity contribution is 6.07. The quantitative estimate of drug-likeness (QED) is 0.552. The Kier molecular flexibility index (Phi) is 5.20. The third-order valence-electron chi connectivity index (χ3n) is 4.38. The van der Waals surface area contributed by atoms with Crippen LogP contribution in [0.3, 0.4) is 0 Å². The topological polar surface area (TPSA) is 78.5 Å². The summed E-state index contributed by atoms with van der Waals surface area (Å²) < 4.78 is 0. The average molecular weight is 295 g/mol. The van der Waals surface area contributed by atoms with E-state index in [1.807, 2.05) is 0 Å². The first-order valence-corrected chi connectivity index (χ1v) is 7.99. The van der Waals surface area contributed by atoms with E-state index in [0.717, 1.165) is 12.8 Å². The Hall–Kier alpha value is -1.59. The van der Waals surface area contributed by atoms with Gasteiger partial charge in [0.25, 0.3) is 5.91 Å². The molecule has 0 aromatic carbocycles. The lowest BCUT2D eigenvalue weighted by Crippen LogP contribution is -2.49. The Morgan fingerprint density at radius 1 is 1.19 bits per heavy atom. The molecule has 0 saturated carbocycles. The third-order valence-corrected chi connectivity index (χ3v) is 4.38. The zero-order chi connectivity index (χ0) is 15.3. The van der Waals surface area contributed by atoms with E-state index in [4.69, 9.17) is 0 Å². The molecule has 0 aromatic rings. The van der Waals surface area contributed by atoms with Crippen LogP contribution in [0.4, 0.5) is 4.79 Å². The average Bonchev–Trinajstić information content (AvgIpc) is 2.98. The number of nitrogens with one attached hydrogen (secondary N) is 2. The third kappa shape index (κ3) is 3.74. The Morgan fingerprint density at radius 2 is 1.90 bits per heavy atom. The molecule has 0 bridgehead atoms. The van der Waals surface area contributed by atoms with Gasteiger partial charge in [0, 0.05) is 13.0 Å². The number of unbranched alkanes of at least 4 members (excludes halogenated alkanes) is 5. The van der Waals surface area contributed by atoms with Crippen molar-refractivity contribution in [2.24, 2.45) is 0 Å².